The van der Waals surface area contributed by atoms with Crippen LogP contribution in [-0.2, 0) is 0 Å². The van der Waals surface area contributed by atoms with Gasteiger partial charge in [0.1, 0.15) is 0 Å². The first-order valence-electron chi connectivity index (χ1n) is 3.25. The molecule has 0 aliphatic heterocycles. The van der Waals surface area contributed by atoms with Gasteiger partial charge < -0.3 is 0 Å². The highest BCUT2D eigenvalue weighted by molar-refractivity contribution is 6.53. The Balaban J connectivity index is 4.02. The molecule has 0 N–H and O–H groups in total. The SMILES string of the molecule is BC(B)(C)C(B)(B)C. The third-order valence-corrected chi connectivity index (χ3v) is 2.25. The zero-order valence-corrected chi connectivity index (χ0v) is 7.00. The fraction of sp³-hybridized carbons (Fsp3) is 1.00. The summed E-state index contributed by atoms with van der Waals surface area (Å²) in [6.45, 7) is 4.54. The zero-order chi connectivity index (χ0) is 7.00. The number of hydrogen-bond donors (Lipinski definition) is 0. The molecule has 0 atom stereocenters. The molecule has 4 heteroatoms. The normalized spacial score (nSPS) is 13.8. The van der Waals surface area contributed by atoms with Gasteiger partial charge in [-0.2, -0.15) is 0 Å². The molecule has 0 radical (unpaired) electrons. The molecule has 0 unspecified atom stereocenters. The molecule has 42 valence electrons. The summed E-state index contributed by atoms with van der Waals surface area (Å²) >= 11 is 0. The van der Waals surface area contributed by atoms with Crippen LogP contribution in [0.3, 0.4) is 0 Å². The fourth-order valence-electron chi connectivity index (χ4n) is 0. The molecule has 0 rings (SSSR count). The van der Waals surface area contributed by atoms with Crippen molar-refractivity contribution in [1.82, 2.24) is 0 Å². The van der Waals surface area contributed by atoms with Gasteiger partial charge >= 0.3 is 0 Å². The van der Waals surface area contributed by atoms with Crippen molar-refractivity contribution in [2.45, 2.75) is 24.3 Å². The Hall–Kier alpha value is 0.260. The fourth-order valence-corrected chi connectivity index (χ4v) is 0. The first kappa shape index (κ1) is 8.26. The molecule has 0 spiro atoms. The molecule has 0 aliphatic rings. The van der Waals surface area contributed by atoms with Crippen LogP contribution in [0.5, 0.6) is 0 Å². The molecule has 0 bridgehead atoms. The summed E-state index contributed by atoms with van der Waals surface area (Å²) in [6, 6.07) is 0. The standard InChI is InChI=1S/C4H14B4/c1-3(5,6)4(2,7)8/h5-8H2,1-2H3. The summed E-state index contributed by atoms with van der Waals surface area (Å²) in [7, 11) is 9.08. The van der Waals surface area contributed by atoms with Crippen LogP contribution in [-0.4, -0.2) is 31.4 Å². The molecule has 0 nitrogen and oxygen atoms in total. The lowest BCUT2D eigenvalue weighted by molar-refractivity contribution is 0.732. The Morgan fingerprint density at radius 2 is 0.875 bits per heavy atom. The quantitative estimate of drug-likeness (QED) is 0.332. The lowest BCUT2D eigenvalue weighted by atomic mass is 9.31. The molecule has 0 saturated carbocycles. The van der Waals surface area contributed by atoms with Crippen molar-refractivity contribution >= 4 is 31.4 Å². The topological polar surface area (TPSA) is 0 Å². The molecule has 0 amide bonds. The van der Waals surface area contributed by atoms with Gasteiger partial charge in [0, 0.05) is 0 Å². The number of rotatable bonds is 1. The second-order valence-corrected chi connectivity index (χ2v) is 4.50. The third-order valence-electron chi connectivity index (χ3n) is 2.25. The van der Waals surface area contributed by atoms with Crippen LogP contribution in [0, 0.1) is 0 Å². The first-order chi connectivity index (χ1) is 3.25. The summed E-state index contributed by atoms with van der Waals surface area (Å²) in [5.74, 6) is 0. The molecule has 8 heavy (non-hydrogen) atoms. The Labute approximate surface area is 56.4 Å². The van der Waals surface area contributed by atoms with Gasteiger partial charge in [0.15, 0.2) is 0 Å². The Morgan fingerprint density at radius 1 is 0.750 bits per heavy atom. The molecule has 0 aromatic heterocycles. The van der Waals surface area contributed by atoms with Crippen molar-refractivity contribution in [2.24, 2.45) is 0 Å². The van der Waals surface area contributed by atoms with Gasteiger partial charge in [0.25, 0.3) is 0 Å². The van der Waals surface area contributed by atoms with Gasteiger partial charge in [-0.25, -0.2) is 0 Å². The van der Waals surface area contributed by atoms with E-state index in [9.17, 15) is 0 Å². The van der Waals surface area contributed by atoms with Crippen LogP contribution in [0.2, 0.25) is 10.4 Å². The molecular weight excluding hydrogens is 91.3 g/mol. The third kappa shape index (κ3) is 2.02. The van der Waals surface area contributed by atoms with E-state index in [0.29, 0.717) is 10.4 Å². The van der Waals surface area contributed by atoms with Crippen LogP contribution in [0.15, 0.2) is 0 Å². The Kier molecular flexibility index (Phi) is 1.95. The van der Waals surface area contributed by atoms with Gasteiger partial charge in [-0.1, -0.05) is 24.3 Å². The van der Waals surface area contributed by atoms with E-state index in [1.54, 1.807) is 0 Å². The van der Waals surface area contributed by atoms with E-state index in [1.165, 1.54) is 0 Å². The molecule has 0 aromatic carbocycles. The second kappa shape index (κ2) is 1.89. The van der Waals surface area contributed by atoms with Gasteiger partial charge in [0.2, 0.25) is 0 Å². The van der Waals surface area contributed by atoms with E-state index in [0.717, 1.165) is 0 Å². The molecule has 0 aromatic rings. The second-order valence-electron chi connectivity index (χ2n) is 4.50. The molecular formula is C4H14B4. The van der Waals surface area contributed by atoms with Crippen molar-refractivity contribution in [3.8, 4) is 0 Å². The smallest absolute Gasteiger partial charge is 0.0954 e. The summed E-state index contributed by atoms with van der Waals surface area (Å²) in [5.41, 5.74) is 0. The summed E-state index contributed by atoms with van der Waals surface area (Å²) in [4.78, 5) is 0. The van der Waals surface area contributed by atoms with E-state index >= 15 is 0 Å². The minimum absolute atomic E-state index is 0.437. The highest BCUT2D eigenvalue weighted by Crippen LogP contribution is 2.39. The van der Waals surface area contributed by atoms with E-state index in [4.69, 9.17) is 0 Å². The van der Waals surface area contributed by atoms with E-state index in [-0.39, 0.29) is 0 Å². The summed E-state index contributed by atoms with van der Waals surface area (Å²) in [5, 5.41) is 0.875. The van der Waals surface area contributed by atoms with Crippen LogP contribution in [0.1, 0.15) is 13.8 Å². The molecule has 0 fully saturated rings. The average molecular weight is 105 g/mol. The summed E-state index contributed by atoms with van der Waals surface area (Å²) in [6.07, 6.45) is 0. The largest absolute Gasteiger partial charge is 0.0977 e. The summed E-state index contributed by atoms with van der Waals surface area (Å²) < 4.78 is 0. The Bertz CT molecular complexity index is 63.0. The van der Waals surface area contributed by atoms with Gasteiger partial charge in [0.05, 0.1) is 31.4 Å². The van der Waals surface area contributed by atoms with Crippen LogP contribution in [0.25, 0.3) is 0 Å². The van der Waals surface area contributed by atoms with Crippen LogP contribution < -0.4 is 0 Å². The zero-order valence-electron chi connectivity index (χ0n) is 7.00. The maximum absolute atomic E-state index is 2.27. The highest BCUT2D eigenvalue weighted by atomic mass is 14.1. The van der Waals surface area contributed by atoms with Crippen LogP contribution >= 0.6 is 0 Å². The van der Waals surface area contributed by atoms with Gasteiger partial charge in [-0.15, -0.1) is 0 Å². The van der Waals surface area contributed by atoms with Crippen molar-refractivity contribution in [2.75, 3.05) is 0 Å². The first-order valence-corrected chi connectivity index (χ1v) is 3.25. The van der Waals surface area contributed by atoms with Crippen LogP contribution in [0.4, 0.5) is 0 Å². The maximum atomic E-state index is 2.27. The highest BCUT2D eigenvalue weighted by Gasteiger charge is 2.26. The lowest BCUT2D eigenvalue weighted by Gasteiger charge is -2.35. The Morgan fingerprint density at radius 3 is 0.875 bits per heavy atom. The number of hydrogen-bond acceptors (Lipinski definition) is 0. The van der Waals surface area contributed by atoms with Crippen molar-refractivity contribution < 1.29 is 0 Å². The predicted octanol–water partition coefficient (Wildman–Crippen LogP) is -2.21. The van der Waals surface area contributed by atoms with Crippen molar-refractivity contribution in [1.29, 1.82) is 0 Å². The van der Waals surface area contributed by atoms with E-state index in [1.807, 2.05) is 0 Å². The van der Waals surface area contributed by atoms with Crippen molar-refractivity contribution in [3.05, 3.63) is 0 Å². The maximum Gasteiger partial charge on any atom is 0.0977 e. The average Bonchev–Trinajstić information content (AvgIpc) is 1.25. The van der Waals surface area contributed by atoms with Crippen molar-refractivity contribution in [3.63, 3.8) is 0 Å². The predicted molar refractivity (Wildman–Crippen MR) is 50.9 cm³/mol. The monoisotopic (exact) mass is 106 g/mol. The minimum atomic E-state index is 0.437. The van der Waals surface area contributed by atoms with Gasteiger partial charge in [-0.05, 0) is 0 Å². The molecule has 0 saturated heterocycles. The minimum Gasteiger partial charge on any atom is -0.0954 e. The lowest BCUT2D eigenvalue weighted by Crippen LogP contribution is -2.26. The van der Waals surface area contributed by atoms with E-state index < -0.39 is 0 Å². The molecule has 0 aliphatic carbocycles. The van der Waals surface area contributed by atoms with Gasteiger partial charge in [-0.3, -0.25) is 0 Å². The van der Waals surface area contributed by atoms with E-state index in [2.05, 4.69) is 45.2 Å². The molecule has 0 heterocycles.